The Labute approximate surface area is 243 Å². The van der Waals surface area contributed by atoms with E-state index < -0.39 is 16.1 Å². The first kappa shape index (κ1) is 31.8. The first-order valence-corrected chi connectivity index (χ1v) is 15.7. The molecule has 0 aliphatic rings. The number of hydrogen-bond donors (Lipinski definition) is 1. The number of nitrogens with one attached hydrogen (secondary N) is 1. The maximum absolute atomic E-state index is 13.8. The quantitative estimate of drug-likeness (QED) is 0.285. The number of rotatable bonds is 14. The molecule has 1 N–H and O–H groups in total. The third-order valence-corrected chi connectivity index (χ3v) is 7.93. The third kappa shape index (κ3) is 9.70. The number of amides is 2. The Morgan fingerprint density at radius 1 is 0.927 bits per heavy atom. The molecule has 0 aliphatic heterocycles. The average molecular weight is 582 g/mol. The molecular formula is C32H40FN3O4S. The minimum atomic E-state index is -3.59. The Hall–Kier alpha value is -3.72. The van der Waals surface area contributed by atoms with Crippen LogP contribution in [0, 0.1) is 19.7 Å². The van der Waals surface area contributed by atoms with Crippen molar-refractivity contribution in [1.29, 1.82) is 0 Å². The van der Waals surface area contributed by atoms with Crippen molar-refractivity contribution in [2.24, 2.45) is 0 Å². The van der Waals surface area contributed by atoms with Gasteiger partial charge in [-0.3, -0.25) is 13.9 Å². The van der Waals surface area contributed by atoms with Gasteiger partial charge in [0.05, 0.1) is 11.9 Å². The van der Waals surface area contributed by atoms with E-state index in [9.17, 15) is 22.4 Å². The minimum Gasteiger partial charge on any atom is -0.354 e. The Morgan fingerprint density at radius 3 is 2.15 bits per heavy atom. The second-order valence-corrected chi connectivity index (χ2v) is 12.3. The molecule has 41 heavy (non-hydrogen) atoms. The zero-order chi connectivity index (χ0) is 30.0. The molecule has 7 nitrogen and oxygen atoms in total. The highest BCUT2D eigenvalue weighted by molar-refractivity contribution is 7.92. The SMILES string of the molecule is CCCNC(=O)[C@H](Cc1ccccc1)N(Cc1ccc(F)cc1)C(=O)CCCN(c1cc(C)cc(C)c1)S(C)(=O)=O. The minimum absolute atomic E-state index is 0.0321. The average Bonchev–Trinajstić information content (AvgIpc) is 2.91. The summed E-state index contributed by atoms with van der Waals surface area (Å²) in [6, 6.07) is 20.1. The Balaban J connectivity index is 1.87. The number of anilines is 1. The first-order valence-electron chi connectivity index (χ1n) is 13.9. The lowest BCUT2D eigenvalue weighted by atomic mass is 10.0. The summed E-state index contributed by atoms with van der Waals surface area (Å²) in [6.07, 6.45) is 2.50. The van der Waals surface area contributed by atoms with E-state index in [1.807, 2.05) is 69.3 Å². The van der Waals surface area contributed by atoms with Crippen LogP contribution >= 0.6 is 0 Å². The molecule has 0 bridgehead atoms. The highest BCUT2D eigenvalue weighted by Crippen LogP contribution is 2.23. The fraction of sp³-hybridized carbons (Fsp3) is 0.375. The summed E-state index contributed by atoms with van der Waals surface area (Å²) in [5.41, 5.74) is 4.03. The molecule has 3 aromatic carbocycles. The number of halogens is 1. The van der Waals surface area contributed by atoms with Gasteiger partial charge in [-0.1, -0.05) is 55.5 Å². The van der Waals surface area contributed by atoms with Crippen LogP contribution in [-0.2, 0) is 32.6 Å². The van der Waals surface area contributed by atoms with E-state index in [0.717, 1.165) is 29.4 Å². The lowest BCUT2D eigenvalue weighted by Crippen LogP contribution is -2.50. The van der Waals surface area contributed by atoms with Gasteiger partial charge in [0.15, 0.2) is 0 Å². The van der Waals surface area contributed by atoms with Gasteiger partial charge in [0.2, 0.25) is 21.8 Å². The number of nitrogens with zero attached hydrogens (tertiary/aromatic N) is 2. The predicted molar refractivity (Wildman–Crippen MR) is 162 cm³/mol. The first-order chi connectivity index (χ1) is 19.5. The molecule has 0 heterocycles. The third-order valence-electron chi connectivity index (χ3n) is 6.73. The molecule has 3 rings (SSSR count). The number of benzene rings is 3. The Kier molecular flexibility index (Phi) is 11.5. The predicted octanol–water partition coefficient (Wildman–Crippen LogP) is 5.16. The second kappa shape index (κ2) is 14.8. The summed E-state index contributed by atoms with van der Waals surface area (Å²) in [6.45, 7) is 6.47. The van der Waals surface area contributed by atoms with Crippen LogP contribution < -0.4 is 9.62 Å². The molecule has 0 unspecified atom stereocenters. The van der Waals surface area contributed by atoms with Gasteiger partial charge in [0.1, 0.15) is 11.9 Å². The molecule has 2 amide bonds. The van der Waals surface area contributed by atoms with Gasteiger partial charge in [-0.25, -0.2) is 12.8 Å². The molecular weight excluding hydrogens is 541 g/mol. The number of aryl methyl sites for hydroxylation is 2. The van der Waals surface area contributed by atoms with Crippen LogP contribution in [0.1, 0.15) is 48.4 Å². The van der Waals surface area contributed by atoms with E-state index in [4.69, 9.17) is 0 Å². The lowest BCUT2D eigenvalue weighted by molar-refractivity contribution is -0.141. The fourth-order valence-corrected chi connectivity index (χ4v) is 5.75. The largest absolute Gasteiger partial charge is 0.354 e. The molecule has 3 aromatic rings. The maximum atomic E-state index is 13.8. The van der Waals surface area contributed by atoms with Crippen LogP contribution in [0.5, 0.6) is 0 Å². The summed E-state index contributed by atoms with van der Waals surface area (Å²) in [7, 11) is -3.59. The van der Waals surface area contributed by atoms with Crippen molar-refractivity contribution in [1.82, 2.24) is 10.2 Å². The zero-order valence-corrected chi connectivity index (χ0v) is 25.1. The van der Waals surface area contributed by atoms with Gasteiger partial charge in [-0.2, -0.15) is 0 Å². The van der Waals surface area contributed by atoms with Crippen LogP contribution in [0.15, 0.2) is 72.8 Å². The van der Waals surface area contributed by atoms with Gasteiger partial charge in [0.25, 0.3) is 0 Å². The van der Waals surface area contributed by atoms with Gasteiger partial charge < -0.3 is 10.2 Å². The van der Waals surface area contributed by atoms with E-state index in [-0.39, 0.29) is 43.6 Å². The van der Waals surface area contributed by atoms with Gasteiger partial charge in [0, 0.05) is 32.5 Å². The highest BCUT2D eigenvalue weighted by Gasteiger charge is 2.30. The van der Waals surface area contributed by atoms with Crippen molar-refractivity contribution >= 4 is 27.5 Å². The zero-order valence-electron chi connectivity index (χ0n) is 24.3. The van der Waals surface area contributed by atoms with Gasteiger partial charge in [-0.15, -0.1) is 0 Å². The smallest absolute Gasteiger partial charge is 0.243 e. The van der Waals surface area contributed by atoms with E-state index in [1.54, 1.807) is 12.1 Å². The van der Waals surface area contributed by atoms with Crippen molar-refractivity contribution in [3.8, 4) is 0 Å². The van der Waals surface area contributed by atoms with Crippen molar-refractivity contribution in [3.63, 3.8) is 0 Å². The number of hydrogen-bond acceptors (Lipinski definition) is 4. The molecule has 0 saturated heterocycles. The summed E-state index contributed by atoms with van der Waals surface area (Å²) >= 11 is 0. The lowest BCUT2D eigenvalue weighted by Gasteiger charge is -2.32. The van der Waals surface area contributed by atoms with Crippen LogP contribution in [0.3, 0.4) is 0 Å². The second-order valence-electron chi connectivity index (χ2n) is 10.4. The molecule has 0 aromatic heterocycles. The normalized spacial score (nSPS) is 12.0. The highest BCUT2D eigenvalue weighted by atomic mass is 32.2. The van der Waals surface area contributed by atoms with Crippen molar-refractivity contribution in [3.05, 3.63) is 101 Å². The summed E-state index contributed by atoms with van der Waals surface area (Å²) in [5, 5.41) is 2.93. The summed E-state index contributed by atoms with van der Waals surface area (Å²) in [5.74, 6) is -0.935. The van der Waals surface area contributed by atoms with Crippen molar-refractivity contribution in [2.45, 2.75) is 59.0 Å². The topological polar surface area (TPSA) is 86.8 Å². The van der Waals surface area contributed by atoms with Gasteiger partial charge in [-0.05, 0) is 73.2 Å². The van der Waals surface area contributed by atoms with E-state index in [2.05, 4.69) is 5.32 Å². The summed E-state index contributed by atoms with van der Waals surface area (Å²) < 4.78 is 40.3. The van der Waals surface area contributed by atoms with Crippen LogP contribution in [0.4, 0.5) is 10.1 Å². The summed E-state index contributed by atoms with van der Waals surface area (Å²) in [4.78, 5) is 28.7. The number of sulfonamides is 1. The van der Waals surface area contributed by atoms with E-state index in [1.165, 1.54) is 21.3 Å². The van der Waals surface area contributed by atoms with Crippen LogP contribution in [0.2, 0.25) is 0 Å². The van der Waals surface area contributed by atoms with Crippen molar-refractivity contribution < 1.29 is 22.4 Å². The number of carbonyl (C=O) groups is 2. The number of carbonyl (C=O) groups excluding carboxylic acids is 2. The van der Waals surface area contributed by atoms with Crippen LogP contribution in [-0.4, -0.2) is 50.5 Å². The molecule has 0 fully saturated rings. The molecule has 1 atom stereocenters. The van der Waals surface area contributed by atoms with E-state index in [0.29, 0.717) is 24.2 Å². The molecule has 0 aliphatic carbocycles. The fourth-order valence-electron chi connectivity index (χ4n) is 4.81. The molecule has 0 spiro atoms. The molecule has 220 valence electrons. The maximum Gasteiger partial charge on any atom is 0.243 e. The Morgan fingerprint density at radius 2 is 1.56 bits per heavy atom. The standard InChI is InChI=1S/C32H40FN3O4S/c1-5-17-34-32(38)30(22-26-10-7-6-8-11-26)35(23-27-13-15-28(33)16-14-27)31(37)12-9-18-36(41(4,39)40)29-20-24(2)19-25(3)21-29/h6-8,10-11,13-16,19-21,30H,5,9,12,17-18,22-23H2,1-4H3,(H,34,38)/t30-/m0/s1. The van der Waals surface area contributed by atoms with E-state index >= 15 is 0 Å². The van der Waals surface area contributed by atoms with Crippen molar-refractivity contribution in [2.75, 3.05) is 23.7 Å². The van der Waals surface area contributed by atoms with Gasteiger partial charge >= 0.3 is 0 Å². The van der Waals surface area contributed by atoms with Crippen LogP contribution in [0.25, 0.3) is 0 Å². The Bertz CT molecular complexity index is 1390. The molecule has 9 heteroatoms. The monoisotopic (exact) mass is 581 g/mol. The molecule has 0 saturated carbocycles. The molecule has 0 radical (unpaired) electrons.